The number of nitrogens with zero attached hydrogens (tertiary/aromatic N) is 3. The molecule has 0 atom stereocenters. The summed E-state index contributed by atoms with van der Waals surface area (Å²) in [6.07, 6.45) is 2.34. The zero-order valence-electron chi connectivity index (χ0n) is 19.6. The Kier molecular flexibility index (Phi) is 5.79. The Morgan fingerprint density at radius 2 is 1.61 bits per heavy atom. The molecular formula is C29H25N5O2. The van der Waals surface area contributed by atoms with E-state index in [1.54, 1.807) is 4.90 Å². The van der Waals surface area contributed by atoms with Crippen LogP contribution in [0.2, 0.25) is 0 Å². The van der Waals surface area contributed by atoms with E-state index >= 15 is 0 Å². The predicted molar refractivity (Wildman–Crippen MR) is 142 cm³/mol. The second-order valence-electron chi connectivity index (χ2n) is 8.67. The third kappa shape index (κ3) is 4.15. The average molecular weight is 476 g/mol. The molecule has 7 nitrogen and oxygen atoms in total. The molecule has 2 N–H and O–H groups in total. The highest BCUT2D eigenvalue weighted by atomic mass is 16.3. The molecule has 3 heterocycles. The first kappa shape index (κ1) is 21.9. The highest BCUT2D eigenvalue weighted by Crippen LogP contribution is 2.42. The number of amides is 2. The van der Waals surface area contributed by atoms with Gasteiger partial charge >= 0.3 is 6.03 Å². The SMILES string of the molecule is O=C1NCCN1c1ccc(CCNc2ncnc3oc(-c4ccccc4)c(-c4ccccc4)c23)cc1. The van der Waals surface area contributed by atoms with E-state index < -0.39 is 0 Å². The molecule has 5 aromatic rings. The monoisotopic (exact) mass is 475 g/mol. The van der Waals surface area contributed by atoms with Crippen molar-refractivity contribution in [2.45, 2.75) is 6.42 Å². The number of fused-ring (bicyclic) bond motifs is 1. The quantitative estimate of drug-likeness (QED) is 0.314. The Morgan fingerprint density at radius 1 is 0.889 bits per heavy atom. The Balaban J connectivity index is 1.28. The number of anilines is 2. The minimum absolute atomic E-state index is 0.0404. The second-order valence-corrected chi connectivity index (χ2v) is 8.67. The molecule has 178 valence electrons. The first-order valence-electron chi connectivity index (χ1n) is 12.0. The summed E-state index contributed by atoms with van der Waals surface area (Å²) >= 11 is 0. The van der Waals surface area contributed by atoms with Gasteiger partial charge in [-0.25, -0.2) is 14.8 Å². The molecule has 2 aromatic heterocycles. The molecule has 7 heteroatoms. The Hall–Kier alpha value is -4.65. The summed E-state index contributed by atoms with van der Waals surface area (Å²) in [5.74, 6) is 1.53. The van der Waals surface area contributed by atoms with E-state index in [9.17, 15) is 4.79 Å². The zero-order chi connectivity index (χ0) is 24.3. The highest BCUT2D eigenvalue weighted by molar-refractivity contribution is 6.05. The number of urea groups is 1. The molecule has 0 unspecified atom stereocenters. The number of benzene rings is 3. The topological polar surface area (TPSA) is 83.3 Å². The number of nitrogens with one attached hydrogen (secondary N) is 2. The van der Waals surface area contributed by atoms with Gasteiger partial charge in [0, 0.05) is 36.4 Å². The molecule has 6 rings (SSSR count). The number of aromatic nitrogens is 2. The van der Waals surface area contributed by atoms with Crippen LogP contribution < -0.4 is 15.5 Å². The number of hydrogen-bond donors (Lipinski definition) is 2. The van der Waals surface area contributed by atoms with Crippen molar-refractivity contribution in [3.05, 3.63) is 96.8 Å². The lowest BCUT2D eigenvalue weighted by atomic mass is 9.99. The van der Waals surface area contributed by atoms with Crippen molar-refractivity contribution in [2.75, 3.05) is 29.9 Å². The van der Waals surface area contributed by atoms with Gasteiger partial charge in [0.1, 0.15) is 17.9 Å². The van der Waals surface area contributed by atoms with Crippen LogP contribution in [-0.2, 0) is 6.42 Å². The first-order chi connectivity index (χ1) is 17.8. The van der Waals surface area contributed by atoms with Gasteiger partial charge in [0.2, 0.25) is 5.71 Å². The van der Waals surface area contributed by atoms with Gasteiger partial charge in [-0.15, -0.1) is 0 Å². The van der Waals surface area contributed by atoms with Crippen LogP contribution in [0, 0.1) is 0 Å². The minimum Gasteiger partial charge on any atom is -0.437 e. The number of rotatable bonds is 7. The van der Waals surface area contributed by atoms with Gasteiger partial charge in [0.15, 0.2) is 0 Å². The Bertz CT molecular complexity index is 1500. The van der Waals surface area contributed by atoms with Crippen LogP contribution >= 0.6 is 0 Å². The zero-order valence-corrected chi connectivity index (χ0v) is 19.6. The van der Waals surface area contributed by atoms with E-state index in [4.69, 9.17) is 4.42 Å². The van der Waals surface area contributed by atoms with Gasteiger partial charge < -0.3 is 15.1 Å². The first-order valence-corrected chi connectivity index (χ1v) is 12.0. The van der Waals surface area contributed by atoms with Gasteiger partial charge in [0.25, 0.3) is 0 Å². The molecule has 36 heavy (non-hydrogen) atoms. The molecule has 0 aliphatic carbocycles. The number of hydrogen-bond acceptors (Lipinski definition) is 5. The fraction of sp³-hybridized carbons (Fsp3) is 0.138. The maximum atomic E-state index is 11.9. The van der Waals surface area contributed by atoms with Crippen molar-refractivity contribution in [1.29, 1.82) is 0 Å². The maximum Gasteiger partial charge on any atom is 0.321 e. The highest BCUT2D eigenvalue weighted by Gasteiger charge is 2.22. The standard InChI is InChI=1S/C29H25N5O2/c35-29-31-17-18-34(29)23-13-11-20(12-14-23)15-16-30-27-25-24(21-7-3-1-4-8-21)26(22-9-5-2-6-10-22)36-28(25)33-19-32-27/h1-14,19H,15-18H2,(H,31,35)(H,30,32,33). The van der Waals surface area contributed by atoms with Crippen LogP contribution in [-0.4, -0.2) is 35.6 Å². The summed E-state index contributed by atoms with van der Waals surface area (Å²) in [4.78, 5) is 22.7. The van der Waals surface area contributed by atoms with Crippen LogP contribution in [0.3, 0.4) is 0 Å². The molecule has 0 radical (unpaired) electrons. The summed E-state index contributed by atoms with van der Waals surface area (Å²) in [6.45, 7) is 2.07. The van der Waals surface area contributed by atoms with Crippen molar-refractivity contribution >= 4 is 28.6 Å². The van der Waals surface area contributed by atoms with E-state index in [-0.39, 0.29) is 6.03 Å². The third-order valence-corrected chi connectivity index (χ3v) is 6.40. The van der Waals surface area contributed by atoms with Gasteiger partial charge in [-0.3, -0.25) is 4.90 Å². The summed E-state index contributed by atoms with van der Waals surface area (Å²) < 4.78 is 6.29. The summed E-state index contributed by atoms with van der Waals surface area (Å²) in [6, 6.07) is 28.4. The van der Waals surface area contributed by atoms with Gasteiger partial charge in [-0.2, -0.15) is 0 Å². The predicted octanol–water partition coefficient (Wildman–Crippen LogP) is 5.74. The van der Waals surface area contributed by atoms with Crippen LogP contribution in [0.4, 0.5) is 16.3 Å². The summed E-state index contributed by atoms with van der Waals surface area (Å²) in [7, 11) is 0. The Morgan fingerprint density at radius 3 is 2.31 bits per heavy atom. The van der Waals surface area contributed by atoms with Gasteiger partial charge in [-0.05, 0) is 29.7 Å². The lowest BCUT2D eigenvalue weighted by molar-refractivity contribution is 0.252. The number of furan rings is 1. The Labute approximate surface area is 208 Å². The summed E-state index contributed by atoms with van der Waals surface area (Å²) in [5, 5.41) is 7.21. The fourth-order valence-corrected chi connectivity index (χ4v) is 4.63. The fourth-order valence-electron chi connectivity index (χ4n) is 4.63. The molecule has 0 saturated carbocycles. The molecule has 0 spiro atoms. The molecule has 1 aliphatic heterocycles. The molecular weight excluding hydrogens is 450 g/mol. The molecule has 3 aromatic carbocycles. The summed E-state index contributed by atoms with van der Waals surface area (Å²) in [5.41, 5.74) is 5.67. The van der Waals surface area contributed by atoms with Crippen molar-refractivity contribution in [1.82, 2.24) is 15.3 Å². The van der Waals surface area contributed by atoms with Crippen LogP contribution in [0.15, 0.2) is 95.7 Å². The van der Waals surface area contributed by atoms with E-state index in [2.05, 4.69) is 44.9 Å². The van der Waals surface area contributed by atoms with Crippen molar-refractivity contribution < 1.29 is 9.21 Å². The second kappa shape index (κ2) is 9.54. The van der Waals surface area contributed by atoms with Gasteiger partial charge in [-0.1, -0.05) is 72.8 Å². The maximum absolute atomic E-state index is 11.9. The van der Waals surface area contributed by atoms with Crippen molar-refractivity contribution in [3.63, 3.8) is 0 Å². The van der Waals surface area contributed by atoms with Crippen LogP contribution in [0.1, 0.15) is 5.56 Å². The lowest BCUT2D eigenvalue weighted by Crippen LogP contribution is -2.27. The molecule has 2 amide bonds. The molecule has 0 bridgehead atoms. The van der Waals surface area contributed by atoms with Crippen molar-refractivity contribution in [3.8, 4) is 22.5 Å². The average Bonchev–Trinajstić information content (AvgIpc) is 3.54. The normalized spacial score (nSPS) is 13.2. The largest absolute Gasteiger partial charge is 0.437 e. The van der Waals surface area contributed by atoms with Gasteiger partial charge in [0.05, 0.1) is 5.39 Å². The number of carbonyl (C=O) groups is 1. The van der Waals surface area contributed by atoms with E-state index in [0.717, 1.165) is 45.8 Å². The molecule has 1 saturated heterocycles. The molecule has 1 aliphatic rings. The lowest BCUT2D eigenvalue weighted by Gasteiger charge is -2.14. The smallest absolute Gasteiger partial charge is 0.321 e. The number of carbonyl (C=O) groups excluding carboxylic acids is 1. The van der Waals surface area contributed by atoms with Crippen molar-refractivity contribution in [2.24, 2.45) is 0 Å². The van der Waals surface area contributed by atoms with Crippen LogP contribution in [0.25, 0.3) is 33.6 Å². The van der Waals surface area contributed by atoms with Crippen LogP contribution in [0.5, 0.6) is 0 Å². The third-order valence-electron chi connectivity index (χ3n) is 6.40. The van der Waals surface area contributed by atoms with E-state index in [1.165, 1.54) is 11.9 Å². The molecule has 1 fully saturated rings. The minimum atomic E-state index is -0.0404. The van der Waals surface area contributed by atoms with E-state index in [1.807, 2.05) is 60.7 Å². The van der Waals surface area contributed by atoms with E-state index in [0.29, 0.717) is 25.3 Å².